The van der Waals surface area contributed by atoms with E-state index in [0.717, 1.165) is 25.7 Å². The summed E-state index contributed by atoms with van der Waals surface area (Å²) >= 11 is 0. The molecule has 1 saturated carbocycles. The van der Waals surface area contributed by atoms with Crippen molar-refractivity contribution < 1.29 is 19.4 Å². The Morgan fingerprint density at radius 1 is 1.40 bits per heavy atom. The number of ether oxygens (including phenoxy) is 1. The van der Waals surface area contributed by atoms with Crippen LogP contribution in [0.1, 0.15) is 39.0 Å². The van der Waals surface area contributed by atoms with Gasteiger partial charge in [0.25, 0.3) is 0 Å². The molecule has 1 fully saturated rings. The average Bonchev–Trinajstić information content (AvgIpc) is 2.72. The maximum absolute atomic E-state index is 11.7. The molecule has 4 heteroatoms. The van der Waals surface area contributed by atoms with Crippen molar-refractivity contribution in [3.8, 4) is 0 Å². The first-order valence-corrected chi connectivity index (χ1v) is 5.41. The van der Waals surface area contributed by atoms with Gasteiger partial charge in [-0.3, -0.25) is 9.59 Å². The smallest absolute Gasteiger partial charge is 0.323 e. The Kier molecular flexibility index (Phi) is 3.72. The molecule has 86 valence electrons. The molecule has 0 amide bonds. The van der Waals surface area contributed by atoms with Crippen molar-refractivity contribution in [1.82, 2.24) is 0 Å². The molecule has 1 unspecified atom stereocenters. The van der Waals surface area contributed by atoms with Gasteiger partial charge in [0.2, 0.25) is 0 Å². The van der Waals surface area contributed by atoms with Crippen LogP contribution >= 0.6 is 0 Å². The van der Waals surface area contributed by atoms with Gasteiger partial charge >= 0.3 is 11.9 Å². The lowest BCUT2D eigenvalue weighted by Crippen LogP contribution is -2.45. The molecule has 1 rings (SSSR count). The molecular formula is C11H18O4. The fourth-order valence-corrected chi connectivity index (χ4v) is 2.61. The van der Waals surface area contributed by atoms with E-state index in [4.69, 9.17) is 0 Å². The lowest BCUT2D eigenvalue weighted by molar-refractivity contribution is -0.172. The number of rotatable bonds is 4. The summed E-state index contributed by atoms with van der Waals surface area (Å²) in [6.45, 7) is 1.74. The fourth-order valence-electron chi connectivity index (χ4n) is 2.61. The first-order valence-electron chi connectivity index (χ1n) is 5.41. The molecule has 0 aromatic carbocycles. The highest BCUT2D eigenvalue weighted by molar-refractivity contribution is 5.99. The minimum Gasteiger partial charge on any atom is -0.480 e. The van der Waals surface area contributed by atoms with E-state index in [9.17, 15) is 14.7 Å². The van der Waals surface area contributed by atoms with Gasteiger partial charge in [-0.2, -0.15) is 0 Å². The number of carboxylic acids is 1. The van der Waals surface area contributed by atoms with Crippen molar-refractivity contribution >= 4 is 11.9 Å². The summed E-state index contributed by atoms with van der Waals surface area (Å²) in [6, 6.07) is 0. The predicted molar refractivity (Wildman–Crippen MR) is 54.3 cm³/mol. The summed E-state index contributed by atoms with van der Waals surface area (Å²) < 4.78 is 4.66. The van der Waals surface area contributed by atoms with E-state index in [-0.39, 0.29) is 5.92 Å². The van der Waals surface area contributed by atoms with Crippen LogP contribution in [0.25, 0.3) is 0 Å². The van der Waals surface area contributed by atoms with E-state index in [2.05, 4.69) is 4.74 Å². The number of carboxylic acid groups (broad SMARTS) is 1. The fraction of sp³-hybridized carbons (Fsp3) is 0.818. The van der Waals surface area contributed by atoms with Crippen LogP contribution < -0.4 is 0 Å². The van der Waals surface area contributed by atoms with Crippen molar-refractivity contribution in [1.29, 1.82) is 0 Å². The molecule has 0 aromatic rings. The van der Waals surface area contributed by atoms with Crippen molar-refractivity contribution in [2.75, 3.05) is 7.11 Å². The predicted octanol–water partition coefficient (Wildman–Crippen LogP) is 1.83. The Morgan fingerprint density at radius 2 is 1.93 bits per heavy atom. The summed E-state index contributed by atoms with van der Waals surface area (Å²) in [5, 5.41) is 9.28. The van der Waals surface area contributed by atoms with Crippen molar-refractivity contribution in [3.05, 3.63) is 0 Å². The zero-order valence-corrected chi connectivity index (χ0v) is 9.28. The number of esters is 1. The van der Waals surface area contributed by atoms with Crippen LogP contribution in [0.5, 0.6) is 0 Å². The number of hydrogen-bond donors (Lipinski definition) is 1. The number of methoxy groups -OCH3 is 1. The van der Waals surface area contributed by atoms with Crippen LogP contribution in [0.2, 0.25) is 0 Å². The number of carbonyl (C=O) groups is 2. The van der Waals surface area contributed by atoms with Crippen LogP contribution in [0, 0.1) is 11.3 Å². The third kappa shape index (κ3) is 1.85. The lowest BCUT2D eigenvalue weighted by Gasteiger charge is -2.31. The topological polar surface area (TPSA) is 63.6 Å². The first kappa shape index (κ1) is 12.0. The van der Waals surface area contributed by atoms with E-state index < -0.39 is 17.4 Å². The van der Waals surface area contributed by atoms with Crippen molar-refractivity contribution in [3.63, 3.8) is 0 Å². The van der Waals surface area contributed by atoms with Gasteiger partial charge in [-0.1, -0.05) is 19.8 Å². The van der Waals surface area contributed by atoms with Gasteiger partial charge < -0.3 is 9.84 Å². The van der Waals surface area contributed by atoms with Gasteiger partial charge in [0, 0.05) is 0 Å². The minimum absolute atomic E-state index is 0.0625. The molecule has 0 radical (unpaired) electrons. The SMILES string of the molecule is CCC(C(=O)O)(C(=O)OC)C1CCCC1. The van der Waals surface area contributed by atoms with Gasteiger partial charge in [-0.25, -0.2) is 0 Å². The van der Waals surface area contributed by atoms with Gasteiger partial charge in [-0.15, -0.1) is 0 Å². The van der Waals surface area contributed by atoms with Crippen LogP contribution in [-0.2, 0) is 14.3 Å². The summed E-state index contributed by atoms with van der Waals surface area (Å²) in [5.74, 6) is -1.69. The van der Waals surface area contributed by atoms with E-state index in [1.54, 1.807) is 6.92 Å². The van der Waals surface area contributed by atoms with Gasteiger partial charge in [0.15, 0.2) is 5.41 Å². The third-order valence-corrected chi connectivity index (χ3v) is 3.54. The molecule has 1 aliphatic carbocycles. The molecule has 0 aromatic heterocycles. The summed E-state index contributed by atoms with van der Waals surface area (Å²) in [4.78, 5) is 23.0. The first-order chi connectivity index (χ1) is 7.09. The molecular weight excluding hydrogens is 196 g/mol. The number of carbonyl (C=O) groups excluding carboxylic acids is 1. The summed E-state index contributed by atoms with van der Waals surface area (Å²) in [7, 11) is 1.25. The molecule has 4 nitrogen and oxygen atoms in total. The Hall–Kier alpha value is -1.06. The lowest BCUT2D eigenvalue weighted by atomic mass is 9.72. The van der Waals surface area contributed by atoms with Crippen molar-refractivity contribution in [2.45, 2.75) is 39.0 Å². The molecule has 0 aliphatic heterocycles. The Labute approximate surface area is 89.6 Å². The highest BCUT2D eigenvalue weighted by atomic mass is 16.5. The summed E-state index contributed by atoms with van der Waals surface area (Å²) in [6.07, 6.45) is 3.96. The Balaban J connectivity index is 3.01. The second kappa shape index (κ2) is 4.64. The van der Waals surface area contributed by atoms with E-state index >= 15 is 0 Å². The number of hydrogen-bond acceptors (Lipinski definition) is 3. The van der Waals surface area contributed by atoms with Gasteiger partial charge in [-0.05, 0) is 25.2 Å². The highest BCUT2D eigenvalue weighted by Gasteiger charge is 2.52. The molecule has 0 spiro atoms. The third-order valence-electron chi connectivity index (χ3n) is 3.54. The maximum atomic E-state index is 11.7. The van der Waals surface area contributed by atoms with Crippen LogP contribution in [0.15, 0.2) is 0 Å². The second-order valence-corrected chi connectivity index (χ2v) is 4.10. The van der Waals surface area contributed by atoms with E-state index in [0.29, 0.717) is 6.42 Å². The minimum atomic E-state index is -1.31. The quantitative estimate of drug-likeness (QED) is 0.572. The Morgan fingerprint density at radius 3 is 2.27 bits per heavy atom. The summed E-state index contributed by atoms with van der Waals surface area (Å²) in [5.41, 5.74) is -1.31. The molecule has 0 bridgehead atoms. The molecule has 15 heavy (non-hydrogen) atoms. The normalized spacial score (nSPS) is 20.9. The Bertz CT molecular complexity index is 255. The van der Waals surface area contributed by atoms with Crippen LogP contribution in [0.3, 0.4) is 0 Å². The highest BCUT2D eigenvalue weighted by Crippen LogP contribution is 2.43. The largest absolute Gasteiger partial charge is 0.480 e. The van der Waals surface area contributed by atoms with E-state index in [1.807, 2.05) is 0 Å². The van der Waals surface area contributed by atoms with Gasteiger partial charge in [0.1, 0.15) is 0 Å². The zero-order chi connectivity index (χ0) is 11.5. The molecule has 1 atom stereocenters. The molecule has 0 saturated heterocycles. The monoisotopic (exact) mass is 214 g/mol. The molecule has 1 N–H and O–H groups in total. The van der Waals surface area contributed by atoms with Crippen LogP contribution in [0.4, 0.5) is 0 Å². The standard InChI is InChI=1S/C11H18O4/c1-3-11(9(12)13,10(14)15-2)8-6-4-5-7-8/h8H,3-7H2,1-2H3,(H,12,13). The average molecular weight is 214 g/mol. The zero-order valence-electron chi connectivity index (χ0n) is 9.28. The molecule has 0 heterocycles. The van der Waals surface area contributed by atoms with Crippen molar-refractivity contribution in [2.24, 2.45) is 11.3 Å². The second-order valence-electron chi connectivity index (χ2n) is 4.10. The molecule has 1 aliphatic rings. The van der Waals surface area contributed by atoms with E-state index in [1.165, 1.54) is 7.11 Å². The van der Waals surface area contributed by atoms with Gasteiger partial charge in [0.05, 0.1) is 7.11 Å². The number of aliphatic carboxylic acids is 1. The van der Waals surface area contributed by atoms with Crippen LogP contribution in [-0.4, -0.2) is 24.2 Å². The maximum Gasteiger partial charge on any atom is 0.323 e.